The van der Waals surface area contributed by atoms with E-state index in [0.29, 0.717) is 24.4 Å². The van der Waals surface area contributed by atoms with E-state index in [2.05, 4.69) is 12.2 Å². The number of rotatable bonds is 6. The first-order valence-corrected chi connectivity index (χ1v) is 7.83. The highest BCUT2D eigenvalue weighted by Crippen LogP contribution is 2.20. The minimum absolute atomic E-state index is 0.0724. The van der Waals surface area contributed by atoms with Gasteiger partial charge in [-0.15, -0.1) is 0 Å². The Morgan fingerprint density at radius 2 is 2.00 bits per heavy atom. The average molecular weight is 291 g/mol. The van der Waals surface area contributed by atoms with Gasteiger partial charge in [-0.25, -0.2) is 0 Å². The van der Waals surface area contributed by atoms with Gasteiger partial charge in [0.2, 0.25) is 0 Å². The van der Waals surface area contributed by atoms with Gasteiger partial charge in [0.1, 0.15) is 0 Å². The van der Waals surface area contributed by atoms with Crippen LogP contribution in [0.25, 0.3) is 0 Å². The Kier molecular flexibility index (Phi) is 6.21. The van der Waals surface area contributed by atoms with E-state index in [1.54, 1.807) is 0 Å². The zero-order valence-electron chi connectivity index (χ0n) is 12.7. The largest absolute Gasteiger partial charge is 0.393 e. The summed E-state index contributed by atoms with van der Waals surface area (Å²) >= 11 is 0. The van der Waals surface area contributed by atoms with Crippen LogP contribution in [-0.4, -0.2) is 36.9 Å². The van der Waals surface area contributed by atoms with Crippen molar-refractivity contribution in [2.24, 2.45) is 5.92 Å². The highest BCUT2D eigenvalue weighted by Gasteiger charge is 2.21. The summed E-state index contributed by atoms with van der Waals surface area (Å²) in [6.45, 7) is 4.06. The maximum atomic E-state index is 12.0. The topological polar surface area (TPSA) is 58.6 Å². The zero-order chi connectivity index (χ0) is 15.1. The summed E-state index contributed by atoms with van der Waals surface area (Å²) in [6.07, 6.45) is 3.04. The predicted octanol–water partition coefficient (Wildman–Crippen LogP) is 2.16. The van der Waals surface area contributed by atoms with Crippen LogP contribution in [0.3, 0.4) is 0 Å². The van der Waals surface area contributed by atoms with Crippen LogP contribution in [0.4, 0.5) is 0 Å². The number of carbonyl (C=O) groups excluding carboxylic acids is 1. The van der Waals surface area contributed by atoms with Crippen LogP contribution in [0, 0.1) is 5.92 Å². The number of hydrogen-bond donors (Lipinski definition) is 2. The van der Waals surface area contributed by atoms with Crippen molar-refractivity contribution in [1.29, 1.82) is 0 Å². The molecule has 0 aliphatic carbocycles. The molecule has 0 radical (unpaired) electrons. The number of ether oxygens (including phenoxy) is 1. The molecule has 2 N–H and O–H groups in total. The minimum atomic E-state index is -0.350. The molecule has 116 valence electrons. The van der Waals surface area contributed by atoms with Crippen LogP contribution >= 0.6 is 0 Å². The second-order valence-electron chi connectivity index (χ2n) is 5.61. The van der Waals surface area contributed by atoms with E-state index < -0.39 is 0 Å². The van der Waals surface area contributed by atoms with Crippen molar-refractivity contribution >= 4 is 5.91 Å². The summed E-state index contributed by atoms with van der Waals surface area (Å²) in [6, 6.07) is 7.66. The lowest BCUT2D eigenvalue weighted by Crippen LogP contribution is -2.32. The van der Waals surface area contributed by atoms with Gasteiger partial charge in [-0.3, -0.25) is 4.79 Å². The Labute approximate surface area is 126 Å². The van der Waals surface area contributed by atoms with Gasteiger partial charge >= 0.3 is 0 Å². The molecule has 0 bridgehead atoms. The van der Waals surface area contributed by atoms with Crippen molar-refractivity contribution in [3.05, 3.63) is 35.4 Å². The van der Waals surface area contributed by atoms with Gasteiger partial charge in [0.15, 0.2) is 0 Å². The predicted molar refractivity (Wildman–Crippen MR) is 82.3 cm³/mol. The van der Waals surface area contributed by atoms with Gasteiger partial charge < -0.3 is 15.2 Å². The van der Waals surface area contributed by atoms with E-state index >= 15 is 0 Å². The summed E-state index contributed by atoms with van der Waals surface area (Å²) in [4.78, 5) is 12.0. The third-order valence-corrected chi connectivity index (χ3v) is 4.16. The van der Waals surface area contributed by atoms with Crippen molar-refractivity contribution in [2.45, 2.75) is 38.7 Å². The molecule has 1 fully saturated rings. The van der Waals surface area contributed by atoms with Crippen LogP contribution in [0.1, 0.15) is 42.1 Å². The molecule has 0 spiro atoms. The summed E-state index contributed by atoms with van der Waals surface area (Å²) in [5, 5.41) is 13.0. The zero-order valence-corrected chi connectivity index (χ0v) is 12.7. The molecule has 0 saturated carbocycles. The number of aliphatic hydroxyl groups excluding tert-OH is 1. The number of carbonyl (C=O) groups is 1. The summed E-state index contributed by atoms with van der Waals surface area (Å²) in [5.41, 5.74) is 1.90. The molecule has 1 saturated heterocycles. The van der Waals surface area contributed by atoms with Gasteiger partial charge in [0.25, 0.3) is 5.91 Å². The molecular weight excluding hydrogens is 266 g/mol. The molecule has 21 heavy (non-hydrogen) atoms. The van der Waals surface area contributed by atoms with Gasteiger partial charge in [0, 0.05) is 25.3 Å². The molecule has 0 aromatic heterocycles. The first kappa shape index (κ1) is 16.0. The van der Waals surface area contributed by atoms with Gasteiger partial charge in [-0.1, -0.05) is 19.1 Å². The number of benzene rings is 1. The van der Waals surface area contributed by atoms with Crippen molar-refractivity contribution < 1.29 is 14.6 Å². The molecule has 1 aliphatic heterocycles. The van der Waals surface area contributed by atoms with Crippen molar-refractivity contribution in [1.82, 2.24) is 5.32 Å². The third kappa shape index (κ3) is 4.83. The molecule has 2 rings (SSSR count). The maximum absolute atomic E-state index is 12.0. The van der Waals surface area contributed by atoms with E-state index in [-0.39, 0.29) is 12.0 Å². The SMILES string of the molecule is CCc1ccc(C(=O)NCC[C@@H](O)C2CCOCC2)cc1. The number of amides is 1. The van der Waals surface area contributed by atoms with E-state index in [9.17, 15) is 9.90 Å². The van der Waals surface area contributed by atoms with Gasteiger partial charge in [0.05, 0.1) is 6.10 Å². The van der Waals surface area contributed by atoms with Crippen molar-refractivity contribution in [2.75, 3.05) is 19.8 Å². The summed E-state index contributed by atoms with van der Waals surface area (Å²) in [7, 11) is 0. The molecule has 1 atom stereocenters. The Bertz CT molecular complexity index is 438. The lowest BCUT2D eigenvalue weighted by molar-refractivity contribution is 0.00528. The van der Waals surface area contributed by atoms with Crippen LogP contribution in [-0.2, 0) is 11.2 Å². The molecule has 4 nitrogen and oxygen atoms in total. The summed E-state index contributed by atoms with van der Waals surface area (Å²) < 4.78 is 5.29. The molecule has 1 heterocycles. The first-order chi connectivity index (χ1) is 10.2. The molecule has 1 aromatic carbocycles. The summed E-state index contributed by atoms with van der Waals surface area (Å²) in [5.74, 6) is 0.233. The fraction of sp³-hybridized carbons (Fsp3) is 0.588. The second-order valence-corrected chi connectivity index (χ2v) is 5.61. The van der Waals surface area contributed by atoms with Crippen LogP contribution in [0.5, 0.6) is 0 Å². The lowest BCUT2D eigenvalue weighted by atomic mass is 9.92. The quantitative estimate of drug-likeness (QED) is 0.844. The molecule has 1 aliphatic rings. The smallest absolute Gasteiger partial charge is 0.251 e. The highest BCUT2D eigenvalue weighted by atomic mass is 16.5. The normalized spacial score (nSPS) is 17.4. The molecule has 1 amide bonds. The lowest BCUT2D eigenvalue weighted by Gasteiger charge is -2.26. The Hall–Kier alpha value is -1.39. The highest BCUT2D eigenvalue weighted by molar-refractivity contribution is 5.94. The third-order valence-electron chi connectivity index (χ3n) is 4.16. The van der Waals surface area contributed by atoms with E-state index in [1.165, 1.54) is 5.56 Å². The molecular formula is C17H25NO3. The van der Waals surface area contributed by atoms with Gasteiger partial charge in [-0.2, -0.15) is 0 Å². The van der Waals surface area contributed by atoms with E-state index in [1.807, 2.05) is 24.3 Å². The Balaban J connectivity index is 1.72. The monoisotopic (exact) mass is 291 g/mol. The van der Waals surface area contributed by atoms with E-state index in [0.717, 1.165) is 32.5 Å². The molecule has 0 unspecified atom stereocenters. The molecule has 1 aromatic rings. The second kappa shape index (κ2) is 8.15. The first-order valence-electron chi connectivity index (χ1n) is 7.83. The Morgan fingerprint density at radius 3 is 2.62 bits per heavy atom. The van der Waals surface area contributed by atoms with Gasteiger partial charge in [-0.05, 0) is 49.3 Å². The van der Waals surface area contributed by atoms with Crippen LogP contribution in [0.2, 0.25) is 0 Å². The van der Waals surface area contributed by atoms with Crippen molar-refractivity contribution in [3.8, 4) is 0 Å². The number of aryl methyl sites for hydroxylation is 1. The Morgan fingerprint density at radius 1 is 1.33 bits per heavy atom. The molecule has 4 heteroatoms. The minimum Gasteiger partial charge on any atom is -0.393 e. The standard InChI is InChI=1S/C17H25NO3/c1-2-13-3-5-15(6-4-13)17(20)18-10-7-16(19)14-8-11-21-12-9-14/h3-6,14,16,19H,2,7-12H2,1H3,(H,18,20)/t16-/m1/s1. The number of hydrogen-bond acceptors (Lipinski definition) is 3. The maximum Gasteiger partial charge on any atom is 0.251 e. The number of nitrogens with one attached hydrogen (secondary N) is 1. The van der Waals surface area contributed by atoms with Crippen LogP contribution in [0.15, 0.2) is 24.3 Å². The van der Waals surface area contributed by atoms with Crippen molar-refractivity contribution in [3.63, 3.8) is 0 Å². The van der Waals surface area contributed by atoms with Crippen LogP contribution < -0.4 is 5.32 Å². The average Bonchev–Trinajstić information content (AvgIpc) is 2.55. The fourth-order valence-electron chi connectivity index (χ4n) is 2.66. The number of aliphatic hydroxyl groups is 1. The van der Waals surface area contributed by atoms with E-state index in [4.69, 9.17) is 4.74 Å². The fourth-order valence-corrected chi connectivity index (χ4v) is 2.66.